The minimum absolute atomic E-state index is 0.0630. The van der Waals surface area contributed by atoms with Crippen LogP contribution in [0.1, 0.15) is 99.3 Å². The number of aliphatic hydroxyl groups is 12. The molecule has 0 aromatic rings. The Morgan fingerprint density at radius 2 is 1.24 bits per heavy atom. The lowest BCUT2D eigenvalue weighted by Gasteiger charge is -2.58. The molecule has 0 spiro atoms. The zero-order chi connectivity index (χ0) is 51.9. The largest absolute Gasteiger partial charge is 0.494 e. The quantitative estimate of drug-likeness (QED) is 0.0926. The Morgan fingerprint density at radius 3 is 1.88 bits per heavy atom. The topological polar surface area (TPSA) is 326 Å². The van der Waals surface area contributed by atoms with Gasteiger partial charge in [0, 0.05) is 12.3 Å². The molecule has 0 bridgehead atoms. The molecule has 4 saturated heterocycles. The Kier molecular flexibility index (Phi) is 16.7. The average molecular weight is 1030 g/mol. The Balaban J connectivity index is 0.864. The molecular formula is C51H82O21. The second-order valence-electron chi connectivity index (χ2n) is 23.2. The number of aliphatic hydroxyl groups excluding tert-OH is 12. The monoisotopic (exact) mass is 1030 g/mol. The number of fused-ring (bicyclic) bond motifs is 7. The lowest BCUT2D eigenvalue weighted by Crippen LogP contribution is -2.67. The Morgan fingerprint density at radius 1 is 0.653 bits per heavy atom. The van der Waals surface area contributed by atoms with Gasteiger partial charge in [0.05, 0.1) is 43.9 Å². The summed E-state index contributed by atoms with van der Waals surface area (Å²) in [6.07, 6.45) is -19.1. The number of rotatable bonds is 14. The van der Waals surface area contributed by atoms with Crippen molar-refractivity contribution in [1.29, 1.82) is 0 Å². The van der Waals surface area contributed by atoms with E-state index in [9.17, 15) is 61.3 Å². The van der Waals surface area contributed by atoms with Gasteiger partial charge in [0.25, 0.3) is 0 Å². The molecule has 0 radical (unpaired) electrons. The Hall–Kier alpha value is -1.52. The van der Waals surface area contributed by atoms with Gasteiger partial charge in [-0.05, 0) is 112 Å². The van der Waals surface area contributed by atoms with Crippen molar-refractivity contribution >= 4 is 0 Å². The summed E-state index contributed by atoms with van der Waals surface area (Å²) in [5, 5.41) is 126. The fourth-order valence-corrected chi connectivity index (χ4v) is 14.5. The highest BCUT2D eigenvalue weighted by Crippen LogP contribution is 2.69. The molecule has 72 heavy (non-hydrogen) atoms. The molecule has 0 unspecified atom stereocenters. The highest BCUT2D eigenvalue weighted by molar-refractivity contribution is 5.30. The molecule has 29 atom stereocenters. The summed E-state index contributed by atoms with van der Waals surface area (Å²) in [4.78, 5) is 0. The van der Waals surface area contributed by atoms with E-state index < -0.39 is 142 Å². The third kappa shape index (κ3) is 9.90. The third-order valence-electron chi connectivity index (χ3n) is 18.8. The van der Waals surface area contributed by atoms with Crippen LogP contribution in [0.15, 0.2) is 23.0 Å². The lowest BCUT2D eigenvalue weighted by molar-refractivity contribution is -0.393. The second kappa shape index (κ2) is 21.7. The van der Waals surface area contributed by atoms with E-state index in [0.29, 0.717) is 36.5 Å². The highest BCUT2D eigenvalue weighted by atomic mass is 16.8. The molecule has 9 rings (SSSR count). The van der Waals surface area contributed by atoms with Gasteiger partial charge in [-0.3, -0.25) is 0 Å². The number of allylic oxidation sites excluding steroid dienone is 2. The van der Waals surface area contributed by atoms with Crippen LogP contribution in [0.5, 0.6) is 0 Å². The van der Waals surface area contributed by atoms with Crippen LogP contribution < -0.4 is 0 Å². The molecule has 0 amide bonds. The summed E-state index contributed by atoms with van der Waals surface area (Å²) < 4.78 is 55.2. The summed E-state index contributed by atoms with van der Waals surface area (Å²) in [6, 6.07) is 0. The summed E-state index contributed by atoms with van der Waals surface area (Å²) in [7, 11) is 0. The summed E-state index contributed by atoms with van der Waals surface area (Å²) in [5.74, 6) is 2.77. The predicted octanol–water partition coefficient (Wildman–Crippen LogP) is -1.03. The lowest BCUT2D eigenvalue weighted by atomic mass is 9.47. The first-order chi connectivity index (χ1) is 34.1. The fourth-order valence-electron chi connectivity index (χ4n) is 14.5. The van der Waals surface area contributed by atoms with E-state index in [4.69, 9.17) is 42.6 Å². The van der Waals surface area contributed by atoms with E-state index in [2.05, 4.69) is 26.8 Å². The summed E-state index contributed by atoms with van der Waals surface area (Å²) in [6.45, 7) is 11.1. The second-order valence-corrected chi connectivity index (χ2v) is 23.2. The van der Waals surface area contributed by atoms with Gasteiger partial charge in [-0.1, -0.05) is 32.4 Å². The molecule has 9 aliphatic rings. The van der Waals surface area contributed by atoms with Gasteiger partial charge in [-0.15, -0.1) is 0 Å². The van der Waals surface area contributed by atoms with Crippen LogP contribution in [0, 0.1) is 40.4 Å². The van der Waals surface area contributed by atoms with Crippen molar-refractivity contribution in [2.45, 2.75) is 234 Å². The van der Waals surface area contributed by atoms with E-state index >= 15 is 0 Å². The number of hydrogen-bond donors (Lipinski definition) is 12. The molecule has 21 nitrogen and oxygen atoms in total. The average Bonchev–Trinajstić information content (AvgIpc) is 3.85. The zero-order valence-corrected chi connectivity index (χ0v) is 42.2. The van der Waals surface area contributed by atoms with Gasteiger partial charge in [0.2, 0.25) is 0 Å². The molecule has 5 heterocycles. The standard InChI is InChI=1S/C51H82O21/c1-20(19-64-46-41(61)40(60)36(56)31(17-52)69-46)7-10-29-21(2)33-30(68-29)16-28-26-9-8-24-15-25(11-13-50(24,5)27(26)12-14-51(28,33)6)67-49-45(72-48-43(63)39(59)35(55)23(4)66-48)44(37(57)32(18-53)70-49)71-47-42(62)38(58)34(54)22(3)65-47/h8,20,22-23,25-28,30-49,52-63H,7,9-19H2,1-6H3/t20-,22-,23-,25-,26+,27-,28-,30-,31+,32+,33-,34-,35-,36+,37+,38+,39+,40-,41+,42+,43+,44-,45+,46+,47-,48-,49+,50-,51-/m0/s1. The maximum absolute atomic E-state index is 11.6. The first-order valence-electron chi connectivity index (χ1n) is 26.4. The fraction of sp³-hybridized carbons (Fsp3) is 0.922. The van der Waals surface area contributed by atoms with Crippen LogP contribution in [-0.2, 0) is 42.6 Å². The van der Waals surface area contributed by atoms with Crippen LogP contribution in [0.25, 0.3) is 0 Å². The van der Waals surface area contributed by atoms with Crippen molar-refractivity contribution in [3.05, 3.63) is 23.0 Å². The summed E-state index contributed by atoms with van der Waals surface area (Å²) in [5.41, 5.74) is 2.57. The van der Waals surface area contributed by atoms with Crippen LogP contribution in [0.4, 0.5) is 0 Å². The van der Waals surface area contributed by atoms with E-state index in [0.717, 1.165) is 50.7 Å². The molecule has 3 saturated carbocycles. The van der Waals surface area contributed by atoms with Gasteiger partial charge in [-0.2, -0.15) is 0 Å². The van der Waals surface area contributed by atoms with Crippen LogP contribution >= 0.6 is 0 Å². The van der Waals surface area contributed by atoms with Crippen molar-refractivity contribution in [3.63, 3.8) is 0 Å². The minimum Gasteiger partial charge on any atom is -0.494 e. The molecule has 7 fully saturated rings. The molecule has 21 heteroatoms. The molecule has 12 N–H and O–H groups in total. The SMILES string of the molecule is CC1=C(CC[C@H](C)CO[C@@H]2O[C@H](CO)[C@@H](O)[C@H](O)[C@H]2O)O[C@H]2C[C@H]3[C@@H]4CC=C5C[C@@H](O[C@@H]6O[C@H](CO)[C@@H](O)[C@H](O[C@@H]7O[C@@H](C)[C@H](O)[C@@H](O)[C@H]7O)[C@H]6O[C@@H]6O[C@@H](C)[C@H](O)[C@@H](O)[C@H]6O)CC[C@]5(C)[C@H]4CC[C@]3(C)[C@@H]12. The van der Waals surface area contributed by atoms with Crippen molar-refractivity contribution in [2.75, 3.05) is 19.8 Å². The van der Waals surface area contributed by atoms with Gasteiger partial charge in [0.1, 0.15) is 91.6 Å². The Bertz CT molecular complexity index is 1920. The smallest absolute Gasteiger partial charge is 0.187 e. The van der Waals surface area contributed by atoms with Gasteiger partial charge < -0.3 is 104 Å². The molecule has 412 valence electrons. The molecule has 4 aliphatic carbocycles. The van der Waals surface area contributed by atoms with Gasteiger partial charge in [-0.25, -0.2) is 0 Å². The van der Waals surface area contributed by atoms with Crippen molar-refractivity contribution in [2.24, 2.45) is 40.4 Å². The zero-order valence-electron chi connectivity index (χ0n) is 42.2. The van der Waals surface area contributed by atoms with Crippen LogP contribution in [0.2, 0.25) is 0 Å². The molecular weight excluding hydrogens is 949 g/mol. The predicted molar refractivity (Wildman–Crippen MR) is 247 cm³/mol. The Labute approximate surface area is 420 Å². The van der Waals surface area contributed by atoms with Gasteiger partial charge >= 0.3 is 0 Å². The van der Waals surface area contributed by atoms with E-state index in [1.165, 1.54) is 25.0 Å². The van der Waals surface area contributed by atoms with Crippen molar-refractivity contribution in [1.82, 2.24) is 0 Å². The first kappa shape index (κ1) is 55.2. The normalized spacial score (nSPS) is 52.9. The maximum Gasteiger partial charge on any atom is 0.187 e. The van der Waals surface area contributed by atoms with Gasteiger partial charge in [0.15, 0.2) is 25.2 Å². The van der Waals surface area contributed by atoms with E-state index in [-0.39, 0.29) is 29.5 Å². The molecule has 0 aromatic carbocycles. The first-order valence-corrected chi connectivity index (χ1v) is 26.4. The van der Waals surface area contributed by atoms with Crippen molar-refractivity contribution in [3.8, 4) is 0 Å². The number of ether oxygens (including phenoxy) is 9. The highest BCUT2D eigenvalue weighted by Gasteiger charge is 2.64. The molecule has 0 aromatic heterocycles. The number of hydrogen-bond acceptors (Lipinski definition) is 21. The summed E-state index contributed by atoms with van der Waals surface area (Å²) >= 11 is 0. The van der Waals surface area contributed by atoms with Crippen LogP contribution in [0.3, 0.4) is 0 Å². The van der Waals surface area contributed by atoms with Crippen molar-refractivity contribution < 1.29 is 104 Å². The van der Waals surface area contributed by atoms with E-state index in [1.807, 2.05) is 6.92 Å². The van der Waals surface area contributed by atoms with E-state index in [1.54, 1.807) is 0 Å². The molecule has 5 aliphatic heterocycles. The minimum atomic E-state index is -1.76. The maximum atomic E-state index is 11.6. The van der Waals surface area contributed by atoms with Crippen LogP contribution in [-0.4, -0.2) is 216 Å². The third-order valence-corrected chi connectivity index (χ3v) is 18.8.